The van der Waals surface area contributed by atoms with Gasteiger partial charge in [0.1, 0.15) is 11.4 Å². The van der Waals surface area contributed by atoms with Gasteiger partial charge >= 0.3 is 0 Å². The summed E-state index contributed by atoms with van der Waals surface area (Å²) in [6.45, 7) is 4.72. The van der Waals surface area contributed by atoms with Crippen LogP contribution in [0.25, 0.3) is 5.65 Å². The number of aryl methyl sites for hydroxylation is 1. The fourth-order valence-electron chi connectivity index (χ4n) is 3.89. The van der Waals surface area contributed by atoms with E-state index < -0.39 is 0 Å². The first-order valence-electron chi connectivity index (χ1n) is 9.71. The molecule has 6 nitrogen and oxygen atoms in total. The lowest BCUT2D eigenvalue weighted by atomic mass is 9.98. The number of hydrogen-bond donors (Lipinski definition) is 1. The zero-order valence-electron chi connectivity index (χ0n) is 16.7. The smallest absolute Gasteiger partial charge is 0.193 e. The zero-order valence-corrected chi connectivity index (χ0v) is 16.7. The molecule has 0 saturated carbocycles. The molecule has 6 heteroatoms. The maximum atomic E-state index is 5.26. The number of likely N-dealkylation sites (tertiary alicyclic amines) is 1. The number of nitrogens with zero attached hydrogens (tertiary/aromatic N) is 4. The number of aliphatic imine (C=N–C) groups is 1. The van der Waals surface area contributed by atoms with Crippen LogP contribution in [0.2, 0.25) is 0 Å². The lowest BCUT2D eigenvalue weighted by Gasteiger charge is -2.21. The molecule has 3 heterocycles. The Morgan fingerprint density at radius 1 is 1.25 bits per heavy atom. The van der Waals surface area contributed by atoms with Gasteiger partial charge in [-0.25, -0.2) is 4.98 Å². The van der Waals surface area contributed by atoms with E-state index >= 15 is 0 Å². The number of aromatic nitrogens is 2. The highest BCUT2D eigenvalue weighted by Gasteiger charge is 2.26. The van der Waals surface area contributed by atoms with E-state index in [0.717, 1.165) is 42.6 Å². The molecule has 1 aliphatic heterocycles. The summed E-state index contributed by atoms with van der Waals surface area (Å²) in [5, 5.41) is 3.48. The minimum atomic E-state index is 0.516. The summed E-state index contributed by atoms with van der Waals surface area (Å²) >= 11 is 0. The fraction of sp³-hybridized carbons (Fsp3) is 0.364. The molecule has 4 rings (SSSR count). The Kier molecular flexibility index (Phi) is 5.19. The summed E-state index contributed by atoms with van der Waals surface area (Å²) in [5.41, 5.74) is 4.53. The van der Waals surface area contributed by atoms with E-state index in [1.165, 1.54) is 11.3 Å². The molecule has 0 amide bonds. The minimum absolute atomic E-state index is 0.516. The summed E-state index contributed by atoms with van der Waals surface area (Å²) < 4.78 is 7.38. The molecule has 0 aliphatic carbocycles. The second kappa shape index (κ2) is 7.92. The average Bonchev–Trinajstić information content (AvgIpc) is 3.37. The van der Waals surface area contributed by atoms with Crippen LogP contribution in [-0.4, -0.2) is 47.5 Å². The van der Waals surface area contributed by atoms with Crippen LogP contribution in [0.3, 0.4) is 0 Å². The summed E-state index contributed by atoms with van der Waals surface area (Å²) in [6.07, 6.45) is 3.22. The van der Waals surface area contributed by atoms with E-state index in [4.69, 9.17) is 9.72 Å². The third kappa shape index (κ3) is 3.67. The normalized spacial score (nSPS) is 17.3. The molecule has 146 valence electrons. The third-order valence-corrected chi connectivity index (χ3v) is 5.46. The van der Waals surface area contributed by atoms with E-state index in [-0.39, 0.29) is 0 Å². The first-order chi connectivity index (χ1) is 13.7. The van der Waals surface area contributed by atoms with Gasteiger partial charge in [-0.1, -0.05) is 18.2 Å². The first kappa shape index (κ1) is 18.3. The number of pyridine rings is 1. The molecular weight excluding hydrogens is 350 g/mol. The molecule has 1 atom stereocenters. The molecule has 3 aromatic rings. The van der Waals surface area contributed by atoms with Gasteiger partial charge in [0.15, 0.2) is 5.96 Å². The van der Waals surface area contributed by atoms with Crippen LogP contribution in [0.5, 0.6) is 5.75 Å². The van der Waals surface area contributed by atoms with Crippen molar-refractivity contribution in [2.45, 2.75) is 25.8 Å². The highest BCUT2D eigenvalue weighted by Crippen LogP contribution is 2.28. The largest absolute Gasteiger partial charge is 0.497 e. The Hall–Kier alpha value is -3.02. The Labute approximate surface area is 165 Å². The zero-order chi connectivity index (χ0) is 19.5. The maximum absolute atomic E-state index is 5.26. The maximum Gasteiger partial charge on any atom is 0.193 e. The molecule has 1 aliphatic rings. The number of guanidine groups is 1. The number of nitrogens with one attached hydrogen (secondary N) is 1. The third-order valence-electron chi connectivity index (χ3n) is 5.46. The van der Waals surface area contributed by atoms with Gasteiger partial charge in [0.2, 0.25) is 0 Å². The molecule has 1 N–H and O–H groups in total. The van der Waals surface area contributed by atoms with Crippen molar-refractivity contribution in [3.8, 4) is 5.75 Å². The van der Waals surface area contributed by atoms with Crippen LogP contribution >= 0.6 is 0 Å². The first-order valence-corrected chi connectivity index (χ1v) is 9.71. The lowest BCUT2D eigenvalue weighted by molar-refractivity contribution is 0.414. The van der Waals surface area contributed by atoms with Gasteiger partial charge in [-0.05, 0) is 43.2 Å². The molecule has 1 unspecified atom stereocenters. The molecule has 0 radical (unpaired) electrons. The summed E-state index contributed by atoms with van der Waals surface area (Å²) in [5.74, 6) is 2.35. The number of rotatable bonds is 4. The number of ether oxygens (including phenoxy) is 1. The van der Waals surface area contributed by atoms with Crippen LogP contribution in [0.4, 0.5) is 0 Å². The van der Waals surface area contributed by atoms with Crippen molar-refractivity contribution >= 4 is 11.6 Å². The second-order valence-corrected chi connectivity index (χ2v) is 7.23. The number of hydrogen-bond acceptors (Lipinski definition) is 3. The van der Waals surface area contributed by atoms with Gasteiger partial charge in [0.25, 0.3) is 0 Å². The molecule has 1 saturated heterocycles. The van der Waals surface area contributed by atoms with Crippen LogP contribution in [-0.2, 0) is 6.54 Å². The van der Waals surface area contributed by atoms with Gasteiger partial charge in [-0.15, -0.1) is 0 Å². The standard InChI is InChI=1S/C22H27N5O/c1-16-5-4-6-21-25-19(15-27(16)21)13-24-22(23-2)26-12-11-18(14-26)17-7-9-20(28-3)10-8-17/h4-10,15,18H,11-14H2,1-3H3,(H,23,24). The Balaban J connectivity index is 1.39. The van der Waals surface area contributed by atoms with E-state index in [1.54, 1.807) is 7.11 Å². The molecular formula is C22H27N5O. The monoisotopic (exact) mass is 377 g/mol. The van der Waals surface area contributed by atoms with Gasteiger partial charge in [0, 0.05) is 37.9 Å². The van der Waals surface area contributed by atoms with E-state index in [2.05, 4.69) is 50.9 Å². The highest BCUT2D eigenvalue weighted by atomic mass is 16.5. The topological polar surface area (TPSA) is 54.2 Å². The van der Waals surface area contributed by atoms with Crippen molar-refractivity contribution in [2.24, 2.45) is 4.99 Å². The van der Waals surface area contributed by atoms with Crippen molar-refractivity contribution in [3.63, 3.8) is 0 Å². The number of benzene rings is 1. The van der Waals surface area contributed by atoms with Crippen molar-refractivity contribution in [2.75, 3.05) is 27.2 Å². The number of imidazole rings is 1. The van der Waals surface area contributed by atoms with Crippen molar-refractivity contribution < 1.29 is 4.74 Å². The summed E-state index contributed by atoms with van der Waals surface area (Å²) in [4.78, 5) is 11.5. The molecule has 1 aromatic carbocycles. The SMILES string of the molecule is CN=C(NCc1cn2c(C)cccc2n1)N1CCC(c2ccc(OC)cc2)C1. The van der Waals surface area contributed by atoms with Gasteiger partial charge in [0.05, 0.1) is 19.3 Å². The molecule has 0 bridgehead atoms. The predicted molar refractivity (Wildman–Crippen MR) is 112 cm³/mol. The van der Waals surface area contributed by atoms with Crippen molar-refractivity contribution in [1.29, 1.82) is 0 Å². The van der Waals surface area contributed by atoms with Crippen LogP contribution in [0.1, 0.15) is 29.3 Å². The minimum Gasteiger partial charge on any atom is -0.497 e. The van der Waals surface area contributed by atoms with Gasteiger partial charge in [-0.3, -0.25) is 4.99 Å². The van der Waals surface area contributed by atoms with Gasteiger partial charge < -0.3 is 19.4 Å². The molecule has 28 heavy (non-hydrogen) atoms. The molecule has 0 spiro atoms. The van der Waals surface area contributed by atoms with E-state index in [9.17, 15) is 0 Å². The van der Waals surface area contributed by atoms with Crippen molar-refractivity contribution in [1.82, 2.24) is 19.6 Å². The van der Waals surface area contributed by atoms with E-state index in [0.29, 0.717) is 12.5 Å². The summed E-state index contributed by atoms with van der Waals surface area (Å²) in [7, 11) is 3.54. The average molecular weight is 377 g/mol. The quantitative estimate of drug-likeness (QED) is 0.560. The van der Waals surface area contributed by atoms with Gasteiger partial charge in [-0.2, -0.15) is 0 Å². The molecule has 2 aromatic heterocycles. The second-order valence-electron chi connectivity index (χ2n) is 7.23. The Bertz CT molecular complexity index is 976. The molecule has 1 fully saturated rings. The Morgan fingerprint density at radius 3 is 2.79 bits per heavy atom. The number of methoxy groups -OCH3 is 1. The predicted octanol–water partition coefficient (Wildman–Crippen LogP) is 3.22. The summed E-state index contributed by atoms with van der Waals surface area (Å²) in [6, 6.07) is 14.6. The van der Waals surface area contributed by atoms with Crippen LogP contribution < -0.4 is 10.1 Å². The number of fused-ring (bicyclic) bond motifs is 1. The van der Waals surface area contributed by atoms with Crippen molar-refractivity contribution in [3.05, 3.63) is 65.6 Å². The van der Waals surface area contributed by atoms with Crippen LogP contribution in [0.15, 0.2) is 53.7 Å². The fourth-order valence-corrected chi connectivity index (χ4v) is 3.89. The highest BCUT2D eigenvalue weighted by molar-refractivity contribution is 5.80. The van der Waals surface area contributed by atoms with E-state index in [1.807, 2.05) is 31.3 Å². The van der Waals surface area contributed by atoms with Crippen LogP contribution in [0, 0.1) is 6.92 Å². The lowest BCUT2D eigenvalue weighted by Crippen LogP contribution is -2.39. The Morgan fingerprint density at radius 2 is 2.07 bits per heavy atom.